The van der Waals surface area contributed by atoms with Crippen LogP contribution in [0.3, 0.4) is 0 Å². The summed E-state index contributed by atoms with van der Waals surface area (Å²) in [6.07, 6.45) is 4.78. The Hall–Kier alpha value is -3.25. The lowest BCUT2D eigenvalue weighted by molar-refractivity contribution is 0.0734. The first kappa shape index (κ1) is 16.2. The minimum absolute atomic E-state index is 0.181. The monoisotopic (exact) mass is 363 g/mol. The van der Waals surface area contributed by atoms with Gasteiger partial charge < -0.3 is 9.47 Å². The molecule has 5 nitrogen and oxygen atoms in total. The molecule has 0 unspecified atom stereocenters. The predicted molar refractivity (Wildman–Crippen MR) is 97.6 cm³/mol. The molecule has 1 aliphatic heterocycles. The summed E-state index contributed by atoms with van der Waals surface area (Å²) >= 11 is 1.54. The van der Waals surface area contributed by atoms with Crippen LogP contribution in [0.4, 0.5) is 0 Å². The van der Waals surface area contributed by atoms with E-state index in [1.807, 2.05) is 18.4 Å². The van der Waals surface area contributed by atoms with Crippen LogP contribution < -0.4 is 9.47 Å². The summed E-state index contributed by atoms with van der Waals surface area (Å²) in [6.45, 7) is 1.98. The Bertz CT molecular complexity index is 1040. The third-order valence-electron chi connectivity index (χ3n) is 3.93. The molecule has 0 radical (unpaired) electrons. The third-order valence-corrected chi connectivity index (χ3v) is 4.90. The summed E-state index contributed by atoms with van der Waals surface area (Å²) < 4.78 is 11.0. The van der Waals surface area contributed by atoms with E-state index < -0.39 is 5.97 Å². The van der Waals surface area contributed by atoms with E-state index in [0.717, 1.165) is 10.4 Å². The largest absolute Gasteiger partial charge is 0.452 e. The van der Waals surface area contributed by atoms with Crippen LogP contribution in [0, 0.1) is 6.92 Å². The average molecular weight is 363 g/mol. The second-order valence-electron chi connectivity index (χ2n) is 5.69. The molecule has 0 saturated carbocycles. The molecule has 0 atom stereocenters. The molecule has 6 heteroatoms. The quantitative estimate of drug-likeness (QED) is 0.395. The number of allylic oxidation sites excluding steroid dienone is 1. The van der Waals surface area contributed by atoms with E-state index in [-0.39, 0.29) is 11.5 Å². The number of aryl methyl sites for hydroxylation is 1. The normalized spacial score (nSPS) is 14.2. The Kier molecular flexibility index (Phi) is 4.10. The highest BCUT2D eigenvalue weighted by Gasteiger charge is 2.28. The van der Waals surface area contributed by atoms with Gasteiger partial charge in [-0.25, -0.2) is 4.79 Å². The van der Waals surface area contributed by atoms with Crippen molar-refractivity contribution in [2.75, 3.05) is 0 Å². The first-order valence-electron chi connectivity index (χ1n) is 7.86. The number of carbonyl (C=O) groups excluding carboxylic acids is 2. The number of hydrogen-bond donors (Lipinski definition) is 0. The molecule has 0 bridgehead atoms. The fourth-order valence-corrected chi connectivity index (χ4v) is 3.38. The summed E-state index contributed by atoms with van der Waals surface area (Å²) in [5.74, 6) is 0.284. The van der Waals surface area contributed by atoms with Crippen molar-refractivity contribution in [1.82, 2.24) is 4.98 Å². The maximum atomic E-state index is 12.5. The molecule has 1 aliphatic rings. The van der Waals surface area contributed by atoms with Crippen LogP contribution in [0.5, 0.6) is 11.5 Å². The van der Waals surface area contributed by atoms with E-state index in [0.29, 0.717) is 22.6 Å². The van der Waals surface area contributed by atoms with Crippen LogP contribution in [0.1, 0.15) is 31.2 Å². The van der Waals surface area contributed by atoms with Crippen molar-refractivity contribution in [2.45, 2.75) is 6.92 Å². The predicted octanol–water partition coefficient (Wildman–Crippen LogP) is 4.29. The van der Waals surface area contributed by atoms with E-state index in [9.17, 15) is 9.59 Å². The molecule has 26 heavy (non-hydrogen) atoms. The minimum Gasteiger partial charge on any atom is -0.452 e. The highest BCUT2D eigenvalue weighted by atomic mass is 32.1. The molecule has 0 aliphatic carbocycles. The molecule has 0 N–H and O–H groups in total. The number of benzene rings is 1. The molecule has 3 aromatic rings. The second-order valence-corrected chi connectivity index (χ2v) is 6.64. The van der Waals surface area contributed by atoms with Gasteiger partial charge in [-0.2, -0.15) is 0 Å². The SMILES string of the molecule is Cc1ccsc1/C=C1\Oc2cc(OC(=O)c3ccncc3)ccc2C1=O. The Morgan fingerprint density at radius 1 is 1.19 bits per heavy atom. The number of carbonyl (C=O) groups is 2. The fourth-order valence-electron chi connectivity index (χ4n) is 2.54. The van der Waals surface area contributed by atoms with E-state index in [1.54, 1.807) is 47.7 Å². The maximum Gasteiger partial charge on any atom is 0.343 e. The molecular formula is C20H13NO4S. The summed E-state index contributed by atoms with van der Waals surface area (Å²) in [4.78, 5) is 29.5. The topological polar surface area (TPSA) is 65.5 Å². The van der Waals surface area contributed by atoms with Crippen molar-refractivity contribution in [1.29, 1.82) is 0 Å². The van der Waals surface area contributed by atoms with Crippen molar-refractivity contribution in [2.24, 2.45) is 0 Å². The van der Waals surface area contributed by atoms with Gasteiger partial charge >= 0.3 is 5.97 Å². The molecule has 0 amide bonds. The van der Waals surface area contributed by atoms with E-state index >= 15 is 0 Å². The van der Waals surface area contributed by atoms with Gasteiger partial charge in [0.15, 0.2) is 5.76 Å². The molecule has 1 aromatic carbocycles. The van der Waals surface area contributed by atoms with E-state index in [4.69, 9.17) is 9.47 Å². The Labute approximate surface area is 153 Å². The number of aromatic nitrogens is 1. The number of fused-ring (bicyclic) bond motifs is 1. The number of pyridine rings is 1. The zero-order valence-corrected chi connectivity index (χ0v) is 14.6. The fraction of sp³-hybridized carbons (Fsp3) is 0.0500. The van der Waals surface area contributed by atoms with Crippen LogP contribution in [-0.4, -0.2) is 16.7 Å². The van der Waals surface area contributed by atoms with Gasteiger partial charge in [-0.1, -0.05) is 0 Å². The maximum absolute atomic E-state index is 12.5. The number of esters is 1. The van der Waals surface area contributed by atoms with Crippen LogP contribution in [0.15, 0.2) is 59.9 Å². The summed E-state index contributed by atoms with van der Waals surface area (Å²) in [5.41, 5.74) is 1.93. The molecule has 128 valence electrons. The highest BCUT2D eigenvalue weighted by Crippen LogP contribution is 2.35. The Balaban J connectivity index is 1.57. The zero-order chi connectivity index (χ0) is 18.1. The van der Waals surface area contributed by atoms with Gasteiger partial charge in [-0.15, -0.1) is 11.3 Å². The van der Waals surface area contributed by atoms with E-state index in [2.05, 4.69) is 4.98 Å². The van der Waals surface area contributed by atoms with Crippen molar-refractivity contribution < 1.29 is 19.1 Å². The minimum atomic E-state index is -0.498. The lowest BCUT2D eigenvalue weighted by Gasteiger charge is -2.05. The van der Waals surface area contributed by atoms with Gasteiger partial charge in [0.25, 0.3) is 0 Å². The number of Topliss-reactive ketones (excluding diaryl/α,β-unsaturated/α-hetero) is 1. The number of rotatable bonds is 3. The lowest BCUT2D eigenvalue weighted by atomic mass is 10.1. The van der Waals surface area contributed by atoms with Crippen LogP contribution >= 0.6 is 11.3 Å². The standard InChI is InChI=1S/C20H13NO4S/c1-12-6-9-26-18(12)11-17-19(22)15-3-2-14(10-16(15)25-17)24-20(23)13-4-7-21-8-5-13/h2-11H,1H3/b17-11-. The molecule has 3 heterocycles. The molecule has 0 fully saturated rings. The number of nitrogens with zero attached hydrogens (tertiary/aromatic N) is 1. The van der Waals surface area contributed by atoms with Gasteiger partial charge in [0.05, 0.1) is 11.1 Å². The number of hydrogen-bond acceptors (Lipinski definition) is 6. The van der Waals surface area contributed by atoms with Gasteiger partial charge in [-0.05, 0) is 48.2 Å². The average Bonchev–Trinajstić information content (AvgIpc) is 3.19. The van der Waals surface area contributed by atoms with Gasteiger partial charge in [0.2, 0.25) is 5.78 Å². The third kappa shape index (κ3) is 3.02. The molecular weight excluding hydrogens is 350 g/mol. The van der Waals surface area contributed by atoms with Gasteiger partial charge in [0.1, 0.15) is 11.5 Å². The van der Waals surface area contributed by atoms with Crippen LogP contribution in [0.25, 0.3) is 6.08 Å². The van der Waals surface area contributed by atoms with Crippen molar-refractivity contribution in [3.05, 3.63) is 81.5 Å². The molecule has 4 rings (SSSR count). The number of thiophene rings is 1. The van der Waals surface area contributed by atoms with Gasteiger partial charge in [-0.3, -0.25) is 9.78 Å². The molecule has 0 spiro atoms. The first-order chi connectivity index (χ1) is 12.6. The van der Waals surface area contributed by atoms with Crippen molar-refractivity contribution >= 4 is 29.2 Å². The van der Waals surface area contributed by atoms with E-state index in [1.165, 1.54) is 12.4 Å². The second kappa shape index (κ2) is 6.57. The first-order valence-corrected chi connectivity index (χ1v) is 8.74. The van der Waals surface area contributed by atoms with Crippen molar-refractivity contribution in [3.63, 3.8) is 0 Å². The summed E-state index contributed by atoms with van der Waals surface area (Å²) in [7, 11) is 0. The van der Waals surface area contributed by atoms with Crippen molar-refractivity contribution in [3.8, 4) is 11.5 Å². The van der Waals surface area contributed by atoms with Crippen LogP contribution in [-0.2, 0) is 0 Å². The van der Waals surface area contributed by atoms with Gasteiger partial charge in [0, 0.05) is 29.4 Å². The highest BCUT2D eigenvalue weighted by molar-refractivity contribution is 7.11. The summed E-state index contributed by atoms with van der Waals surface area (Å²) in [6, 6.07) is 9.86. The van der Waals surface area contributed by atoms with Crippen LogP contribution in [0.2, 0.25) is 0 Å². The molecule has 2 aromatic heterocycles. The molecule has 0 saturated heterocycles. The Morgan fingerprint density at radius 3 is 2.73 bits per heavy atom. The zero-order valence-electron chi connectivity index (χ0n) is 13.8. The lowest BCUT2D eigenvalue weighted by Crippen LogP contribution is -2.08. The summed E-state index contributed by atoms with van der Waals surface area (Å²) in [5, 5.41) is 1.96. The number of ether oxygens (including phenoxy) is 2. The Morgan fingerprint density at radius 2 is 2.00 bits per heavy atom. The smallest absolute Gasteiger partial charge is 0.343 e. The number of ketones is 1.